The summed E-state index contributed by atoms with van der Waals surface area (Å²) in [5, 5.41) is 7.49. The fourth-order valence-electron chi connectivity index (χ4n) is 2.34. The molecule has 5 nitrogen and oxygen atoms in total. The van der Waals surface area contributed by atoms with Gasteiger partial charge in [0, 0.05) is 18.5 Å². The van der Waals surface area contributed by atoms with Crippen molar-refractivity contribution in [3.63, 3.8) is 0 Å². The first kappa shape index (κ1) is 12.7. The summed E-state index contributed by atoms with van der Waals surface area (Å²) in [6.07, 6.45) is 1.95. The largest absolute Gasteiger partial charge is 0.328 e. The Morgan fingerprint density at radius 3 is 2.85 bits per heavy atom. The third-order valence-corrected chi connectivity index (χ3v) is 3.66. The Bertz CT molecular complexity index is 710. The highest BCUT2D eigenvalue weighted by atomic mass is 16.6. The van der Waals surface area contributed by atoms with Crippen molar-refractivity contribution in [2.24, 2.45) is 5.92 Å². The van der Waals surface area contributed by atoms with Gasteiger partial charge in [-0.05, 0) is 41.4 Å². The molecule has 5 heteroatoms. The molecule has 0 N–H and O–H groups in total. The lowest BCUT2D eigenvalue weighted by Crippen LogP contribution is -2.37. The van der Waals surface area contributed by atoms with Crippen LogP contribution in [0.1, 0.15) is 30.1 Å². The Morgan fingerprint density at radius 2 is 2.10 bits per heavy atom. The van der Waals surface area contributed by atoms with Crippen LogP contribution >= 0.6 is 0 Å². The van der Waals surface area contributed by atoms with Crippen molar-refractivity contribution in [1.29, 1.82) is 0 Å². The molecular weight excluding hydrogens is 254 g/mol. The fraction of sp³-hybridized carbons (Fsp3) is 0.400. The summed E-state index contributed by atoms with van der Waals surface area (Å²) in [6.45, 7) is 2.11. The predicted octanol–water partition coefficient (Wildman–Crippen LogP) is 2.10. The van der Waals surface area contributed by atoms with Crippen molar-refractivity contribution in [1.82, 2.24) is 15.2 Å². The maximum Gasteiger partial charge on any atom is 0.254 e. The normalized spacial score (nSPS) is 21.3. The van der Waals surface area contributed by atoms with E-state index in [1.807, 2.05) is 0 Å². The van der Waals surface area contributed by atoms with Crippen LogP contribution in [-0.2, 0) is 0 Å². The molecule has 0 unspecified atom stereocenters. The summed E-state index contributed by atoms with van der Waals surface area (Å²) in [4.78, 5) is 14.2. The number of carbonyl (C=O) groups excluding carboxylic acids is 1. The molecule has 1 aromatic carbocycles. The number of amides is 1. The predicted molar refractivity (Wildman–Crippen MR) is 73.9 cm³/mol. The second kappa shape index (κ2) is 4.97. The van der Waals surface area contributed by atoms with Gasteiger partial charge in [0.05, 0.1) is 6.04 Å². The second-order valence-corrected chi connectivity index (χ2v) is 5.17. The molecule has 0 aliphatic heterocycles. The Kier molecular flexibility index (Phi) is 3.15. The lowest BCUT2D eigenvalue weighted by atomic mass is 9.96. The van der Waals surface area contributed by atoms with Crippen molar-refractivity contribution in [2.75, 3.05) is 7.05 Å². The third kappa shape index (κ3) is 2.25. The van der Waals surface area contributed by atoms with E-state index in [1.54, 1.807) is 30.1 Å². The van der Waals surface area contributed by atoms with Gasteiger partial charge in [0.25, 0.3) is 5.91 Å². The number of benzene rings is 1. The Morgan fingerprint density at radius 1 is 1.30 bits per heavy atom. The van der Waals surface area contributed by atoms with Crippen molar-refractivity contribution in [3.05, 3.63) is 23.8 Å². The lowest BCUT2D eigenvalue weighted by molar-refractivity contribution is 0.0756. The maximum absolute atomic E-state index is 12.5. The molecule has 0 spiro atoms. The molecule has 20 heavy (non-hydrogen) atoms. The summed E-state index contributed by atoms with van der Waals surface area (Å²) in [6, 6.07) is 5.17. The molecule has 0 fully saturated rings. The summed E-state index contributed by atoms with van der Waals surface area (Å²) in [5.74, 6) is 6.69. The van der Waals surface area contributed by atoms with Gasteiger partial charge in [-0.2, -0.15) is 0 Å². The Hall–Kier alpha value is -2.35. The van der Waals surface area contributed by atoms with Crippen LogP contribution in [0.4, 0.5) is 0 Å². The van der Waals surface area contributed by atoms with Crippen molar-refractivity contribution < 1.29 is 9.42 Å². The van der Waals surface area contributed by atoms with E-state index in [0.29, 0.717) is 22.5 Å². The highest BCUT2D eigenvalue weighted by molar-refractivity contribution is 5.97. The number of aromatic nitrogens is 2. The summed E-state index contributed by atoms with van der Waals surface area (Å²) in [7, 11) is 1.79. The lowest BCUT2D eigenvalue weighted by Gasteiger charge is -2.27. The van der Waals surface area contributed by atoms with E-state index in [0.717, 1.165) is 12.8 Å². The van der Waals surface area contributed by atoms with Crippen molar-refractivity contribution in [2.45, 2.75) is 25.8 Å². The first-order chi connectivity index (χ1) is 9.65. The summed E-state index contributed by atoms with van der Waals surface area (Å²) >= 11 is 0. The van der Waals surface area contributed by atoms with E-state index in [2.05, 4.69) is 33.7 Å². The molecule has 1 heterocycles. The summed E-state index contributed by atoms with van der Waals surface area (Å²) in [5.41, 5.74) is 1.82. The van der Waals surface area contributed by atoms with Gasteiger partial charge < -0.3 is 4.90 Å². The topological polar surface area (TPSA) is 59.2 Å². The van der Waals surface area contributed by atoms with Crippen molar-refractivity contribution >= 4 is 16.9 Å². The zero-order chi connectivity index (χ0) is 14.1. The van der Waals surface area contributed by atoms with E-state index >= 15 is 0 Å². The van der Waals surface area contributed by atoms with E-state index < -0.39 is 0 Å². The molecule has 0 saturated heterocycles. The number of nitrogens with zero attached hydrogens (tertiary/aromatic N) is 3. The number of hydrogen-bond donors (Lipinski definition) is 0. The fourth-order valence-corrected chi connectivity index (χ4v) is 2.34. The van der Waals surface area contributed by atoms with Gasteiger partial charge in [-0.1, -0.05) is 18.8 Å². The van der Waals surface area contributed by atoms with Crippen LogP contribution in [0.25, 0.3) is 11.0 Å². The van der Waals surface area contributed by atoms with E-state index in [9.17, 15) is 4.79 Å². The average molecular weight is 269 g/mol. The molecule has 102 valence electrons. The smallest absolute Gasteiger partial charge is 0.254 e. The molecule has 1 aliphatic rings. The van der Waals surface area contributed by atoms with Gasteiger partial charge in [0.1, 0.15) is 11.0 Å². The van der Waals surface area contributed by atoms with Gasteiger partial charge in [0.2, 0.25) is 0 Å². The van der Waals surface area contributed by atoms with Gasteiger partial charge in [-0.25, -0.2) is 4.63 Å². The van der Waals surface area contributed by atoms with E-state index in [4.69, 9.17) is 0 Å². The third-order valence-electron chi connectivity index (χ3n) is 3.66. The Balaban J connectivity index is 1.84. The monoisotopic (exact) mass is 269 g/mol. The molecule has 2 aromatic rings. The van der Waals surface area contributed by atoms with Crippen LogP contribution in [0.2, 0.25) is 0 Å². The van der Waals surface area contributed by atoms with Gasteiger partial charge in [0.15, 0.2) is 0 Å². The second-order valence-electron chi connectivity index (χ2n) is 5.17. The number of rotatable bonds is 2. The first-order valence-corrected chi connectivity index (χ1v) is 6.65. The highest BCUT2D eigenvalue weighted by Gasteiger charge is 2.22. The van der Waals surface area contributed by atoms with E-state index in [1.165, 1.54) is 0 Å². The standard InChI is InChI=1S/C15H15N3O2/c1-10-3-6-12(7-4-10)18(2)15(19)11-5-8-13-14(9-11)17-20-16-13/h5,8-10,12H,3,6H2,1-2H3/t10-,12-/m0/s1. The molecule has 1 aliphatic carbocycles. The van der Waals surface area contributed by atoms with Crippen LogP contribution in [0, 0.1) is 17.8 Å². The zero-order valence-corrected chi connectivity index (χ0v) is 11.5. The molecular formula is C15H15N3O2. The molecule has 1 aromatic heterocycles. The van der Waals surface area contributed by atoms with Crippen LogP contribution in [0.5, 0.6) is 0 Å². The van der Waals surface area contributed by atoms with Crippen LogP contribution < -0.4 is 0 Å². The average Bonchev–Trinajstić information content (AvgIpc) is 2.94. The number of fused-ring (bicyclic) bond motifs is 1. The minimum atomic E-state index is -0.0521. The minimum Gasteiger partial charge on any atom is -0.328 e. The molecule has 1 amide bonds. The maximum atomic E-state index is 12.5. The van der Waals surface area contributed by atoms with Crippen LogP contribution in [0.3, 0.4) is 0 Å². The minimum absolute atomic E-state index is 0.00942. The first-order valence-electron chi connectivity index (χ1n) is 6.65. The van der Waals surface area contributed by atoms with Gasteiger partial charge in [-0.15, -0.1) is 0 Å². The zero-order valence-electron chi connectivity index (χ0n) is 11.5. The summed E-state index contributed by atoms with van der Waals surface area (Å²) < 4.78 is 4.64. The molecule has 3 rings (SSSR count). The molecule has 0 bridgehead atoms. The Labute approximate surface area is 116 Å². The quantitative estimate of drug-likeness (QED) is 0.783. The molecule has 2 atom stereocenters. The van der Waals surface area contributed by atoms with Gasteiger partial charge in [-0.3, -0.25) is 4.79 Å². The molecule has 0 radical (unpaired) electrons. The number of carbonyl (C=O) groups is 1. The molecule has 0 saturated carbocycles. The van der Waals surface area contributed by atoms with Crippen molar-refractivity contribution in [3.8, 4) is 11.8 Å². The number of hydrogen-bond acceptors (Lipinski definition) is 4. The van der Waals surface area contributed by atoms with Crippen LogP contribution in [-0.4, -0.2) is 34.2 Å². The van der Waals surface area contributed by atoms with E-state index in [-0.39, 0.29) is 11.9 Å². The van der Waals surface area contributed by atoms with Crippen LogP contribution in [0.15, 0.2) is 22.8 Å². The SMILES string of the molecule is C[C@@H]1C#C[C@@H](N(C)C(=O)c2ccc3nonc3c2)CC1. The highest BCUT2D eigenvalue weighted by Crippen LogP contribution is 2.18. The van der Waals surface area contributed by atoms with Gasteiger partial charge >= 0.3 is 0 Å².